The minimum atomic E-state index is -0.448. The Bertz CT molecular complexity index is 571. The van der Waals surface area contributed by atoms with Gasteiger partial charge in [0.25, 0.3) is 0 Å². The highest BCUT2D eigenvalue weighted by Crippen LogP contribution is 2.30. The maximum Gasteiger partial charge on any atom is 0.335 e. The minimum absolute atomic E-state index is 0.448. The van der Waals surface area contributed by atoms with Gasteiger partial charge in [-0.2, -0.15) is 0 Å². The molecule has 2 aromatic carbocycles. The summed E-state index contributed by atoms with van der Waals surface area (Å²) >= 11 is 0. The molecule has 0 aliphatic rings. The number of ether oxygens (including phenoxy) is 1. The molecule has 0 aromatic heterocycles. The molecule has 2 nitrogen and oxygen atoms in total. The number of carbonyl (C=O) groups is 1. The number of hydrogen-bond donors (Lipinski definition) is 0. The van der Waals surface area contributed by atoms with Gasteiger partial charge in [-0.05, 0) is 24.6 Å². The topological polar surface area (TPSA) is 26.3 Å². The molecule has 0 amide bonds. The van der Waals surface area contributed by atoms with E-state index in [4.69, 9.17) is 4.74 Å². The van der Waals surface area contributed by atoms with E-state index >= 15 is 0 Å². The fourth-order valence-electron chi connectivity index (χ4n) is 1.73. The van der Waals surface area contributed by atoms with Crippen LogP contribution in [0.15, 0.2) is 61.2 Å². The van der Waals surface area contributed by atoms with E-state index in [0.29, 0.717) is 5.75 Å². The van der Waals surface area contributed by atoms with Crippen molar-refractivity contribution < 1.29 is 9.53 Å². The second kappa shape index (κ2) is 5.32. The van der Waals surface area contributed by atoms with Gasteiger partial charge in [-0.3, -0.25) is 0 Å². The molecule has 0 heterocycles. The van der Waals surface area contributed by atoms with Crippen molar-refractivity contribution in [1.29, 1.82) is 0 Å². The minimum Gasteiger partial charge on any atom is -0.423 e. The zero-order chi connectivity index (χ0) is 13.0. The van der Waals surface area contributed by atoms with Crippen LogP contribution >= 0.6 is 0 Å². The summed E-state index contributed by atoms with van der Waals surface area (Å²) in [6, 6.07) is 15.6. The van der Waals surface area contributed by atoms with E-state index in [2.05, 4.69) is 6.58 Å². The zero-order valence-electron chi connectivity index (χ0n) is 10.2. The standard InChI is InChI=1S/C16H14O2/c1-3-16(17)18-15-10-9-12(2)11-14(15)13-7-5-4-6-8-13/h3-11H,1H2,2H3. The van der Waals surface area contributed by atoms with Crippen LogP contribution in [0.2, 0.25) is 0 Å². The smallest absolute Gasteiger partial charge is 0.335 e. The van der Waals surface area contributed by atoms with Crippen LogP contribution in [0.1, 0.15) is 5.56 Å². The van der Waals surface area contributed by atoms with Crippen LogP contribution in [0.5, 0.6) is 5.75 Å². The van der Waals surface area contributed by atoms with Gasteiger partial charge >= 0.3 is 5.97 Å². The van der Waals surface area contributed by atoms with Gasteiger partial charge in [-0.1, -0.05) is 48.5 Å². The molecule has 0 aliphatic carbocycles. The lowest BCUT2D eigenvalue weighted by Crippen LogP contribution is -2.04. The number of benzene rings is 2. The van der Waals surface area contributed by atoms with Crippen molar-refractivity contribution in [2.24, 2.45) is 0 Å². The summed E-state index contributed by atoms with van der Waals surface area (Å²) < 4.78 is 5.25. The van der Waals surface area contributed by atoms with E-state index in [-0.39, 0.29) is 0 Å². The lowest BCUT2D eigenvalue weighted by Gasteiger charge is -2.10. The van der Waals surface area contributed by atoms with Gasteiger partial charge < -0.3 is 4.74 Å². The molecule has 0 saturated carbocycles. The van der Waals surface area contributed by atoms with E-state index in [0.717, 1.165) is 22.8 Å². The molecule has 2 heteroatoms. The van der Waals surface area contributed by atoms with Crippen molar-refractivity contribution in [2.75, 3.05) is 0 Å². The quantitative estimate of drug-likeness (QED) is 0.462. The van der Waals surface area contributed by atoms with E-state index in [1.165, 1.54) is 0 Å². The number of carbonyl (C=O) groups excluding carboxylic acids is 1. The van der Waals surface area contributed by atoms with E-state index < -0.39 is 5.97 Å². The van der Waals surface area contributed by atoms with Crippen molar-refractivity contribution in [1.82, 2.24) is 0 Å². The largest absolute Gasteiger partial charge is 0.423 e. The first-order chi connectivity index (χ1) is 8.70. The molecule has 2 aromatic rings. The molecule has 0 N–H and O–H groups in total. The predicted molar refractivity (Wildman–Crippen MR) is 72.4 cm³/mol. The summed E-state index contributed by atoms with van der Waals surface area (Å²) in [6.07, 6.45) is 1.16. The number of esters is 1. The highest BCUT2D eigenvalue weighted by molar-refractivity contribution is 5.85. The first-order valence-electron chi connectivity index (χ1n) is 5.71. The van der Waals surface area contributed by atoms with Crippen LogP contribution in [0.3, 0.4) is 0 Å². The number of hydrogen-bond acceptors (Lipinski definition) is 2. The Balaban J connectivity index is 2.47. The summed E-state index contributed by atoms with van der Waals surface area (Å²) in [5, 5.41) is 0. The average Bonchev–Trinajstić information content (AvgIpc) is 2.41. The summed E-state index contributed by atoms with van der Waals surface area (Å²) in [5.74, 6) is 0.104. The van der Waals surface area contributed by atoms with Gasteiger partial charge in [-0.15, -0.1) is 0 Å². The van der Waals surface area contributed by atoms with Crippen LogP contribution < -0.4 is 4.74 Å². The highest BCUT2D eigenvalue weighted by Gasteiger charge is 2.08. The Hall–Kier alpha value is -2.35. The average molecular weight is 238 g/mol. The van der Waals surface area contributed by atoms with Crippen LogP contribution in [-0.2, 0) is 4.79 Å². The first-order valence-corrected chi connectivity index (χ1v) is 5.71. The normalized spacial score (nSPS) is 9.83. The molecule has 0 aliphatic heterocycles. The van der Waals surface area contributed by atoms with Gasteiger partial charge in [0.05, 0.1) is 0 Å². The summed E-state index contributed by atoms with van der Waals surface area (Å²) in [6.45, 7) is 5.41. The second-order valence-corrected chi connectivity index (χ2v) is 3.99. The molecule has 2 rings (SSSR count). The SMILES string of the molecule is C=CC(=O)Oc1ccc(C)cc1-c1ccccc1. The van der Waals surface area contributed by atoms with Crippen molar-refractivity contribution in [3.8, 4) is 16.9 Å². The fourth-order valence-corrected chi connectivity index (χ4v) is 1.73. The Kier molecular flexibility index (Phi) is 3.58. The van der Waals surface area contributed by atoms with Crippen LogP contribution in [-0.4, -0.2) is 5.97 Å². The predicted octanol–water partition coefficient (Wildman–Crippen LogP) is 3.75. The first kappa shape index (κ1) is 12.1. The Morgan fingerprint density at radius 3 is 2.56 bits per heavy atom. The Morgan fingerprint density at radius 2 is 1.89 bits per heavy atom. The Labute approximate surface area is 107 Å². The number of aryl methyl sites for hydroxylation is 1. The van der Waals surface area contributed by atoms with E-state index in [1.807, 2.05) is 49.4 Å². The van der Waals surface area contributed by atoms with Gasteiger partial charge in [0.2, 0.25) is 0 Å². The van der Waals surface area contributed by atoms with Crippen molar-refractivity contribution in [2.45, 2.75) is 6.92 Å². The molecular weight excluding hydrogens is 224 g/mol. The molecule has 18 heavy (non-hydrogen) atoms. The van der Waals surface area contributed by atoms with Gasteiger partial charge in [0, 0.05) is 11.6 Å². The third-order valence-electron chi connectivity index (χ3n) is 2.60. The van der Waals surface area contributed by atoms with Crippen LogP contribution in [0.4, 0.5) is 0 Å². The molecule has 90 valence electrons. The van der Waals surface area contributed by atoms with Gasteiger partial charge in [0.15, 0.2) is 0 Å². The lowest BCUT2D eigenvalue weighted by atomic mass is 10.0. The summed E-state index contributed by atoms with van der Waals surface area (Å²) in [4.78, 5) is 11.3. The number of rotatable bonds is 3. The summed E-state index contributed by atoms with van der Waals surface area (Å²) in [5.41, 5.74) is 3.05. The molecule has 0 spiro atoms. The summed E-state index contributed by atoms with van der Waals surface area (Å²) in [7, 11) is 0. The molecular formula is C16H14O2. The Morgan fingerprint density at radius 1 is 1.17 bits per heavy atom. The highest BCUT2D eigenvalue weighted by atomic mass is 16.5. The van der Waals surface area contributed by atoms with Crippen molar-refractivity contribution in [3.63, 3.8) is 0 Å². The second-order valence-electron chi connectivity index (χ2n) is 3.99. The molecule has 0 radical (unpaired) electrons. The fraction of sp³-hybridized carbons (Fsp3) is 0.0625. The van der Waals surface area contributed by atoms with Crippen molar-refractivity contribution >= 4 is 5.97 Å². The molecule has 0 bridgehead atoms. The van der Waals surface area contributed by atoms with Crippen molar-refractivity contribution in [3.05, 3.63) is 66.7 Å². The third-order valence-corrected chi connectivity index (χ3v) is 2.60. The maximum absolute atomic E-state index is 11.3. The van der Waals surface area contributed by atoms with E-state index in [1.54, 1.807) is 6.07 Å². The lowest BCUT2D eigenvalue weighted by molar-refractivity contribution is -0.128. The van der Waals surface area contributed by atoms with Gasteiger partial charge in [0.1, 0.15) is 5.75 Å². The molecule has 0 fully saturated rings. The molecule has 0 unspecified atom stereocenters. The van der Waals surface area contributed by atoms with E-state index in [9.17, 15) is 4.79 Å². The monoisotopic (exact) mass is 238 g/mol. The molecule has 0 atom stereocenters. The zero-order valence-corrected chi connectivity index (χ0v) is 10.2. The molecule has 0 saturated heterocycles. The van der Waals surface area contributed by atoms with Crippen LogP contribution in [0.25, 0.3) is 11.1 Å². The third kappa shape index (κ3) is 2.66. The van der Waals surface area contributed by atoms with Crippen LogP contribution in [0, 0.1) is 6.92 Å². The van der Waals surface area contributed by atoms with Gasteiger partial charge in [-0.25, -0.2) is 4.79 Å². The maximum atomic E-state index is 11.3.